The highest BCUT2D eigenvalue weighted by Crippen LogP contribution is 2.43. The van der Waals surface area contributed by atoms with E-state index in [9.17, 15) is 0 Å². The Hall–Kier alpha value is 0.720. The first-order chi connectivity index (χ1) is 11.1. The average Bonchev–Trinajstić information content (AvgIpc) is 2.56. The summed E-state index contributed by atoms with van der Waals surface area (Å²) >= 11 is 0. The molecule has 2 unspecified atom stereocenters. The molecular weight excluding hydrogens is 331 g/mol. The van der Waals surface area contributed by atoms with Crippen molar-refractivity contribution < 1.29 is 0 Å². The van der Waals surface area contributed by atoms with E-state index in [1.54, 1.807) is 0 Å². The second-order valence-electron chi connectivity index (χ2n) is 7.81. The molecule has 2 atom stereocenters. The van der Waals surface area contributed by atoms with Gasteiger partial charge in [-0.3, -0.25) is 0 Å². The van der Waals surface area contributed by atoms with E-state index in [4.69, 9.17) is 0 Å². The Labute approximate surface area is 163 Å². The number of rotatable bonds is 17. The number of unbranched alkanes of at least 4 members (excludes halogenated alkanes) is 9. The van der Waals surface area contributed by atoms with Crippen molar-refractivity contribution in [3.8, 4) is 0 Å². The van der Waals surface area contributed by atoms with E-state index in [0.29, 0.717) is 5.16 Å². The van der Waals surface area contributed by atoms with Gasteiger partial charge in [0.05, 0.1) is 0 Å². The zero-order chi connectivity index (χ0) is 17.4. The van der Waals surface area contributed by atoms with Crippen LogP contribution in [0.25, 0.3) is 0 Å². The smallest absolute Gasteiger partial charge is 0.0122 e. The van der Waals surface area contributed by atoms with Gasteiger partial charge in [-0.15, -0.1) is 21.6 Å². The van der Waals surface area contributed by atoms with E-state index >= 15 is 0 Å². The first-order valence-electron chi connectivity index (χ1n) is 10.9. The van der Waals surface area contributed by atoms with Crippen LogP contribution in [-0.2, 0) is 0 Å². The summed E-state index contributed by atoms with van der Waals surface area (Å²) in [4.78, 5) is 0. The molecule has 0 spiro atoms. The number of halogens is 1. The van der Waals surface area contributed by atoms with Crippen LogP contribution in [0, 0.1) is 5.92 Å². The van der Waals surface area contributed by atoms with Crippen molar-refractivity contribution in [2.75, 3.05) is 0 Å². The molecule has 0 saturated heterocycles. The molecule has 0 aromatic rings. The molecule has 0 aliphatic heterocycles. The summed E-state index contributed by atoms with van der Waals surface area (Å²) in [5, 5.41) is 0.530. The Morgan fingerprint density at radius 3 is 1.42 bits per heavy atom. The van der Waals surface area contributed by atoms with Crippen LogP contribution in [0.15, 0.2) is 0 Å². The Kier molecular flexibility index (Phi) is 20.8. The third-order valence-electron chi connectivity index (χ3n) is 5.70. The minimum atomic E-state index is 0. The highest BCUT2D eigenvalue weighted by Gasteiger charge is 2.31. The lowest BCUT2D eigenvalue weighted by Gasteiger charge is -2.38. The molecule has 0 bridgehead atoms. The molecular formula is C22H48ClP. The van der Waals surface area contributed by atoms with E-state index in [-0.39, 0.29) is 12.4 Å². The lowest BCUT2D eigenvalue weighted by Crippen LogP contribution is -2.31. The molecule has 148 valence electrons. The van der Waals surface area contributed by atoms with Gasteiger partial charge in [0.2, 0.25) is 0 Å². The lowest BCUT2D eigenvalue weighted by atomic mass is 9.78. The first-order valence-corrected chi connectivity index (χ1v) is 11.5. The maximum absolute atomic E-state index is 3.37. The third kappa shape index (κ3) is 13.0. The predicted octanol–water partition coefficient (Wildman–Crippen LogP) is 8.96. The van der Waals surface area contributed by atoms with Gasteiger partial charge in [0.15, 0.2) is 0 Å². The fourth-order valence-corrected chi connectivity index (χ4v) is 4.82. The molecule has 0 aromatic carbocycles. The summed E-state index contributed by atoms with van der Waals surface area (Å²) in [7, 11) is 3.37. The van der Waals surface area contributed by atoms with Gasteiger partial charge in [0.1, 0.15) is 0 Å². The Morgan fingerprint density at radius 2 is 1.04 bits per heavy atom. The number of hydrogen-bond donors (Lipinski definition) is 0. The summed E-state index contributed by atoms with van der Waals surface area (Å²) < 4.78 is 0. The van der Waals surface area contributed by atoms with Gasteiger partial charge in [-0.2, -0.15) is 0 Å². The van der Waals surface area contributed by atoms with Crippen LogP contribution in [-0.4, -0.2) is 5.16 Å². The Bertz CT molecular complexity index is 230. The van der Waals surface area contributed by atoms with E-state index in [0.717, 1.165) is 5.92 Å². The van der Waals surface area contributed by atoms with Gasteiger partial charge in [-0.1, -0.05) is 111 Å². The van der Waals surface area contributed by atoms with Crippen LogP contribution in [0.3, 0.4) is 0 Å². The van der Waals surface area contributed by atoms with E-state index in [2.05, 4.69) is 36.9 Å². The van der Waals surface area contributed by atoms with Crippen molar-refractivity contribution in [1.29, 1.82) is 0 Å². The minimum Gasteiger partial charge on any atom is -0.147 e. The van der Waals surface area contributed by atoms with Crippen LogP contribution in [0.2, 0.25) is 0 Å². The molecule has 0 fully saturated rings. The van der Waals surface area contributed by atoms with Gasteiger partial charge in [-0.05, 0) is 30.3 Å². The second kappa shape index (κ2) is 18.5. The fourth-order valence-electron chi connectivity index (χ4n) is 4.01. The molecule has 0 aliphatic carbocycles. The summed E-state index contributed by atoms with van der Waals surface area (Å²) in [5.74, 6) is 0.924. The maximum Gasteiger partial charge on any atom is -0.0122 e. The molecule has 0 aliphatic rings. The van der Waals surface area contributed by atoms with E-state index in [1.165, 1.54) is 103 Å². The van der Waals surface area contributed by atoms with Crippen LogP contribution in [0.5, 0.6) is 0 Å². The lowest BCUT2D eigenvalue weighted by molar-refractivity contribution is 0.284. The first kappa shape index (κ1) is 26.9. The van der Waals surface area contributed by atoms with E-state index in [1.807, 2.05) is 0 Å². The summed E-state index contributed by atoms with van der Waals surface area (Å²) in [5.41, 5.74) is 0. The average molecular weight is 379 g/mol. The summed E-state index contributed by atoms with van der Waals surface area (Å²) in [6.07, 6.45) is 22.7. The topological polar surface area (TPSA) is 0 Å². The van der Waals surface area contributed by atoms with E-state index < -0.39 is 0 Å². The molecule has 0 aromatic heterocycles. The largest absolute Gasteiger partial charge is 0.147 e. The highest BCUT2D eigenvalue weighted by molar-refractivity contribution is 7.19. The van der Waals surface area contributed by atoms with Gasteiger partial charge < -0.3 is 0 Å². The van der Waals surface area contributed by atoms with Gasteiger partial charge in [-0.25, -0.2) is 0 Å². The molecule has 0 nitrogen and oxygen atoms in total. The molecule has 2 heteroatoms. The molecule has 0 rings (SSSR count). The monoisotopic (exact) mass is 378 g/mol. The van der Waals surface area contributed by atoms with Crippen molar-refractivity contribution in [1.82, 2.24) is 0 Å². The molecule has 0 heterocycles. The second-order valence-corrected chi connectivity index (χ2v) is 8.96. The normalized spacial score (nSPS) is 12.9. The van der Waals surface area contributed by atoms with Crippen LogP contribution in [0.4, 0.5) is 0 Å². The SMILES string of the molecule is CCCCCCC(CC)C(P)(CCCCCC)CCCCCC.Cl. The minimum absolute atomic E-state index is 0. The van der Waals surface area contributed by atoms with Gasteiger partial charge in [0, 0.05) is 0 Å². The number of hydrogen-bond acceptors (Lipinski definition) is 0. The zero-order valence-electron chi connectivity index (χ0n) is 17.4. The van der Waals surface area contributed by atoms with Crippen LogP contribution in [0.1, 0.15) is 130 Å². The van der Waals surface area contributed by atoms with Crippen LogP contribution >= 0.6 is 21.6 Å². The van der Waals surface area contributed by atoms with Gasteiger partial charge in [0.25, 0.3) is 0 Å². The molecule has 0 saturated carbocycles. The molecule has 0 amide bonds. The highest BCUT2D eigenvalue weighted by atomic mass is 35.5. The molecule has 0 N–H and O–H groups in total. The van der Waals surface area contributed by atoms with Gasteiger partial charge >= 0.3 is 0 Å². The Morgan fingerprint density at radius 1 is 0.625 bits per heavy atom. The summed E-state index contributed by atoms with van der Waals surface area (Å²) in [6.45, 7) is 9.39. The van der Waals surface area contributed by atoms with Crippen molar-refractivity contribution >= 4 is 21.6 Å². The predicted molar refractivity (Wildman–Crippen MR) is 120 cm³/mol. The zero-order valence-corrected chi connectivity index (χ0v) is 19.3. The van der Waals surface area contributed by atoms with Crippen molar-refractivity contribution in [3.63, 3.8) is 0 Å². The standard InChI is InChI=1S/C22H47P.ClH/c1-5-9-12-15-18-21(8-4)22(23,19-16-13-10-6-2)20-17-14-11-7-3;/h21H,5-20,23H2,1-4H3;1H. The molecule has 0 radical (unpaired) electrons. The third-order valence-corrected chi connectivity index (χ3v) is 6.75. The van der Waals surface area contributed by atoms with Crippen LogP contribution < -0.4 is 0 Å². The van der Waals surface area contributed by atoms with Crippen molar-refractivity contribution in [2.24, 2.45) is 5.92 Å². The maximum atomic E-state index is 3.37. The van der Waals surface area contributed by atoms with Crippen molar-refractivity contribution in [3.05, 3.63) is 0 Å². The Balaban J connectivity index is 0. The molecule has 24 heavy (non-hydrogen) atoms. The van der Waals surface area contributed by atoms with Crippen molar-refractivity contribution in [2.45, 2.75) is 136 Å². The summed E-state index contributed by atoms with van der Waals surface area (Å²) in [6, 6.07) is 0. The quantitative estimate of drug-likeness (QED) is 0.175. The fraction of sp³-hybridized carbons (Fsp3) is 1.00.